The molecule has 1 unspecified atom stereocenters. The summed E-state index contributed by atoms with van der Waals surface area (Å²) in [4.78, 5) is 26.2. The molecule has 2 saturated heterocycles. The largest absolute Gasteiger partial charge is 0.444 e. The van der Waals surface area contributed by atoms with Crippen LogP contribution in [0.25, 0.3) is 0 Å². The van der Waals surface area contributed by atoms with Crippen molar-refractivity contribution in [1.29, 1.82) is 0 Å². The summed E-state index contributed by atoms with van der Waals surface area (Å²) in [6.45, 7) is 5.89. The molecule has 8 heteroatoms. The maximum atomic E-state index is 13.5. The number of piperidine rings is 1. The number of likely N-dealkylation sites (tertiary alicyclic amines) is 1. The van der Waals surface area contributed by atoms with Crippen molar-refractivity contribution in [3.05, 3.63) is 35.4 Å². The van der Waals surface area contributed by atoms with Crippen LogP contribution in [0.5, 0.6) is 0 Å². The van der Waals surface area contributed by atoms with Crippen LogP contribution in [0.2, 0.25) is 0 Å². The molecular formula is C20H26F2N2O4. The van der Waals surface area contributed by atoms with Gasteiger partial charge in [-0.1, -0.05) is 0 Å². The summed E-state index contributed by atoms with van der Waals surface area (Å²) in [5.74, 6) is -1.35. The smallest absolute Gasteiger partial charge is 0.410 e. The van der Waals surface area contributed by atoms with Crippen molar-refractivity contribution in [2.75, 3.05) is 6.54 Å². The average Bonchev–Trinajstić information content (AvgIpc) is 2.92. The predicted octanol–water partition coefficient (Wildman–Crippen LogP) is 3.77. The predicted molar refractivity (Wildman–Crippen MR) is 97.8 cm³/mol. The minimum absolute atomic E-state index is 0.198. The molecule has 1 aromatic rings. The second-order valence-corrected chi connectivity index (χ2v) is 8.34. The van der Waals surface area contributed by atoms with Crippen LogP contribution in [-0.4, -0.2) is 47.4 Å². The number of ether oxygens (including phenoxy) is 2. The van der Waals surface area contributed by atoms with Gasteiger partial charge in [-0.2, -0.15) is 0 Å². The van der Waals surface area contributed by atoms with Crippen LogP contribution in [-0.2, 0) is 15.9 Å². The normalized spacial score (nSPS) is 25.2. The van der Waals surface area contributed by atoms with Crippen LogP contribution >= 0.6 is 0 Å². The molecule has 2 fully saturated rings. The molecule has 2 aliphatic heterocycles. The van der Waals surface area contributed by atoms with Crippen molar-refractivity contribution in [1.82, 2.24) is 10.2 Å². The van der Waals surface area contributed by atoms with E-state index in [0.29, 0.717) is 18.5 Å². The van der Waals surface area contributed by atoms with Gasteiger partial charge in [-0.05, 0) is 64.2 Å². The van der Waals surface area contributed by atoms with Gasteiger partial charge in [0.05, 0.1) is 12.1 Å². The minimum Gasteiger partial charge on any atom is -0.444 e. The Morgan fingerprint density at radius 1 is 1.25 bits per heavy atom. The van der Waals surface area contributed by atoms with Gasteiger partial charge in [-0.15, -0.1) is 0 Å². The van der Waals surface area contributed by atoms with Gasteiger partial charge in [-0.25, -0.2) is 18.4 Å². The Kier molecular flexibility index (Phi) is 5.76. The number of cyclic esters (lactones) is 1. The Hall–Kier alpha value is -2.38. The van der Waals surface area contributed by atoms with Crippen molar-refractivity contribution in [3.8, 4) is 0 Å². The van der Waals surface area contributed by atoms with E-state index < -0.39 is 41.6 Å². The van der Waals surface area contributed by atoms with E-state index in [1.165, 1.54) is 12.1 Å². The van der Waals surface area contributed by atoms with Crippen molar-refractivity contribution in [3.63, 3.8) is 0 Å². The third kappa shape index (κ3) is 4.91. The molecule has 2 heterocycles. The lowest BCUT2D eigenvalue weighted by Crippen LogP contribution is -2.54. The molecule has 0 saturated carbocycles. The molecule has 3 atom stereocenters. The first kappa shape index (κ1) is 20.4. The van der Waals surface area contributed by atoms with Gasteiger partial charge in [0.1, 0.15) is 23.3 Å². The Morgan fingerprint density at radius 2 is 1.93 bits per heavy atom. The highest BCUT2D eigenvalue weighted by atomic mass is 19.1. The molecule has 6 nitrogen and oxygen atoms in total. The summed E-state index contributed by atoms with van der Waals surface area (Å²) >= 11 is 0. The summed E-state index contributed by atoms with van der Waals surface area (Å²) in [7, 11) is 0. The van der Waals surface area contributed by atoms with Crippen molar-refractivity contribution < 1.29 is 27.8 Å². The molecule has 0 spiro atoms. The molecule has 0 radical (unpaired) electrons. The fraction of sp³-hybridized carbons (Fsp3) is 0.600. The van der Waals surface area contributed by atoms with E-state index in [0.717, 1.165) is 18.9 Å². The number of hydrogen-bond acceptors (Lipinski definition) is 4. The van der Waals surface area contributed by atoms with Crippen LogP contribution in [0.3, 0.4) is 0 Å². The lowest BCUT2D eigenvalue weighted by atomic mass is 9.90. The molecule has 3 rings (SSSR count). The molecule has 2 aliphatic rings. The fourth-order valence-corrected chi connectivity index (χ4v) is 3.82. The monoisotopic (exact) mass is 396 g/mol. The van der Waals surface area contributed by atoms with E-state index in [-0.39, 0.29) is 12.5 Å². The first-order valence-corrected chi connectivity index (χ1v) is 9.54. The van der Waals surface area contributed by atoms with Gasteiger partial charge in [0, 0.05) is 12.6 Å². The van der Waals surface area contributed by atoms with Gasteiger partial charge < -0.3 is 19.7 Å². The number of hydrogen-bond donors (Lipinski definition) is 1. The lowest BCUT2D eigenvalue weighted by molar-refractivity contribution is -0.0156. The van der Waals surface area contributed by atoms with E-state index >= 15 is 0 Å². The van der Waals surface area contributed by atoms with E-state index in [1.54, 1.807) is 25.7 Å². The van der Waals surface area contributed by atoms with Crippen LogP contribution in [0.15, 0.2) is 18.2 Å². The van der Waals surface area contributed by atoms with Crippen LogP contribution < -0.4 is 5.32 Å². The number of carbonyl (C=O) groups excluding carboxylic acids is 2. The number of halogens is 2. The number of rotatable bonds is 3. The number of nitrogens with one attached hydrogen (secondary N) is 1. The Bertz CT molecular complexity index is 730. The minimum atomic E-state index is -0.676. The van der Waals surface area contributed by atoms with Crippen LogP contribution in [0, 0.1) is 11.6 Å². The molecular weight excluding hydrogens is 370 g/mol. The number of benzene rings is 1. The topological polar surface area (TPSA) is 67.9 Å². The third-order valence-electron chi connectivity index (χ3n) is 4.88. The van der Waals surface area contributed by atoms with Gasteiger partial charge in [0.25, 0.3) is 0 Å². The molecule has 0 aromatic heterocycles. The van der Waals surface area contributed by atoms with Gasteiger partial charge in [0.2, 0.25) is 0 Å². The summed E-state index contributed by atoms with van der Waals surface area (Å²) < 4.78 is 38.0. The maximum absolute atomic E-state index is 13.5. The lowest BCUT2D eigenvalue weighted by Gasteiger charge is -2.40. The summed E-state index contributed by atoms with van der Waals surface area (Å²) in [6, 6.07) is 2.41. The van der Waals surface area contributed by atoms with E-state index in [1.807, 2.05) is 0 Å². The molecule has 0 bridgehead atoms. The van der Waals surface area contributed by atoms with Crippen LogP contribution in [0.4, 0.5) is 18.4 Å². The molecule has 2 amide bonds. The Balaban J connectivity index is 1.79. The van der Waals surface area contributed by atoms with Gasteiger partial charge >= 0.3 is 12.2 Å². The molecule has 0 aliphatic carbocycles. The zero-order chi connectivity index (χ0) is 20.5. The van der Waals surface area contributed by atoms with Crippen LogP contribution in [0.1, 0.15) is 45.6 Å². The molecule has 154 valence electrons. The fourth-order valence-electron chi connectivity index (χ4n) is 3.82. The average molecular weight is 396 g/mol. The zero-order valence-electron chi connectivity index (χ0n) is 16.3. The highest BCUT2D eigenvalue weighted by Gasteiger charge is 2.45. The van der Waals surface area contributed by atoms with Gasteiger partial charge in [0.15, 0.2) is 0 Å². The highest BCUT2D eigenvalue weighted by molar-refractivity contribution is 5.72. The molecule has 1 N–H and O–H groups in total. The van der Waals surface area contributed by atoms with Crippen molar-refractivity contribution in [2.24, 2.45) is 0 Å². The standard InChI is InChI=1S/C20H26F2N2O4/c1-20(2,3)28-19(26)24-7-5-4-6-16(24)17-15(23-18(25)27-17)10-12-8-13(21)11-14(22)9-12/h8-9,11,15-17H,4-7,10H2,1-3H3,(H,23,25)/t15-,16?,17-/m0/s1. The summed E-state index contributed by atoms with van der Waals surface area (Å²) in [5.41, 5.74) is -0.222. The third-order valence-corrected chi connectivity index (χ3v) is 4.88. The van der Waals surface area contributed by atoms with E-state index in [4.69, 9.17) is 9.47 Å². The number of amides is 2. The molecule has 1 aromatic carbocycles. The highest BCUT2D eigenvalue weighted by Crippen LogP contribution is 2.29. The van der Waals surface area contributed by atoms with Crippen molar-refractivity contribution in [2.45, 2.75) is 70.2 Å². The maximum Gasteiger partial charge on any atom is 0.410 e. The van der Waals surface area contributed by atoms with E-state index in [9.17, 15) is 18.4 Å². The quantitative estimate of drug-likeness (QED) is 0.845. The Morgan fingerprint density at radius 3 is 2.57 bits per heavy atom. The summed E-state index contributed by atoms with van der Waals surface area (Å²) in [5, 5.41) is 2.71. The van der Waals surface area contributed by atoms with Crippen molar-refractivity contribution >= 4 is 12.2 Å². The second-order valence-electron chi connectivity index (χ2n) is 8.34. The summed E-state index contributed by atoms with van der Waals surface area (Å²) in [6.07, 6.45) is 0.920. The number of alkyl carbamates (subject to hydrolysis) is 1. The number of nitrogens with zero attached hydrogens (tertiary/aromatic N) is 1. The first-order valence-electron chi connectivity index (χ1n) is 9.54. The zero-order valence-corrected chi connectivity index (χ0v) is 16.3. The Labute approximate surface area is 163 Å². The SMILES string of the molecule is CC(C)(C)OC(=O)N1CCCCC1[C@H]1OC(=O)N[C@H]1Cc1cc(F)cc(F)c1. The van der Waals surface area contributed by atoms with E-state index in [2.05, 4.69) is 5.32 Å². The first-order chi connectivity index (χ1) is 13.1. The number of carbonyl (C=O) groups is 2. The second kappa shape index (κ2) is 7.93. The van der Waals surface area contributed by atoms with Gasteiger partial charge in [-0.3, -0.25) is 0 Å². The molecule has 28 heavy (non-hydrogen) atoms.